The lowest BCUT2D eigenvalue weighted by molar-refractivity contribution is 0.111. The van der Waals surface area contributed by atoms with Gasteiger partial charge < -0.3 is 14.2 Å². The molecule has 7 nitrogen and oxygen atoms in total. The number of ether oxygens (including phenoxy) is 3. The predicted octanol–water partition coefficient (Wildman–Crippen LogP) is 4.25. The molecular formula is C23H29N3O4. The van der Waals surface area contributed by atoms with E-state index >= 15 is 0 Å². The highest BCUT2D eigenvalue weighted by molar-refractivity contribution is 5.79. The van der Waals surface area contributed by atoms with Crippen molar-refractivity contribution in [2.75, 3.05) is 26.9 Å². The third kappa shape index (κ3) is 4.56. The van der Waals surface area contributed by atoms with Gasteiger partial charge in [0.2, 0.25) is 5.88 Å². The quantitative estimate of drug-likeness (QED) is 0.430. The predicted molar refractivity (Wildman–Crippen MR) is 113 cm³/mol. The molecule has 160 valence electrons. The fraction of sp³-hybridized carbons (Fsp3) is 0.522. The van der Waals surface area contributed by atoms with Crippen LogP contribution in [0.3, 0.4) is 0 Å². The van der Waals surface area contributed by atoms with Crippen LogP contribution >= 0.6 is 0 Å². The number of aromatic nitrogens is 3. The van der Waals surface area contributed by atoms with Crippen LogP contribution in [0.1, 0.15) is 67.0 Å². The fourth-order valence-corrected chi connectivity index (χ4v) is 4.04. The number of carbonyl (C=O) groups excluding carboxylic acids is 1. The summed E-state index contributed by atoms with van der Waals surface area (Å²) in [5.41, 5.74) is 4.31. The molecule has 2 aliphatic rings. The summed E-state index contributed by atoms with van der Waals surface area (Å²) in [4.78, 5) is 15.8. The molecule has 0 saturated heterocycles. The Hall–Kier alpha value is -2.67. The molecular weight excluding hydrogens is 382 g/mol. The Kier molecular flexibility index (Phi) is 6.79. The van der Waals surface area contributed by atoms with E-state index in [1.807, 2.05) is 6.20 Å². The number of hydrogen-bond acceptors (Lipinski definition) is 6. The summed E-state index contributed by atoms with van der Waals surface area (Å²) in [5, 5.41) is 4.60. The van der Waals surface area contributed by atoms with Crippen molar-refractivity contribution in [2.24, 2.45) is 0 Å². The van der Waals surface area contributed by atoms with Crippen molar-refractivity contribution < 1.29 is 19.0 Å². The zero-order valence-electron chi connectivity index (χ0n) is 17.5. The van der Waals surface area contributed by atoms with Gasteiger partial charge in [-0.15, -0.1) is 0 Å². The maximum atomic E-state index is 11.6. The molecule has 2 aromatic rings. The molecule has 1 saturated carbocycles. The first kappa shape index (κ1) is 20.6. The highest BCUT2D eigenvalue weighted by Crippen LogP contribution is 2.38. The number of rotatable bonds is 10. The van der Waals surface area contributed by atoms with Crippen molar-refractivity contribution in [1.82, 2.24) is 14.8 Å². The number of pyridine rings is 1. The van der Waals surface area contributed by atoms with Crippen LogP contribution in [-0.2, 0) is 4.74 Å². The van der Waals surface area contributed by atoms with Crippen molar-refractivity contribution >= 4 is 11.9 Å². The second-order valence-electron chi connectivity index (χ2n) is 7.84. The van der Waals surface area contributed by atoms with E-state index in [0.717, 1.165) is 25.5 Å². The molecule has 7 heteroatoms. The lowest BCUT2D eigenvalue weighted by Crippen LogP contribution is -2.21. The summed E-state index contributed by atoms with van der Waals surface area (Å²) in [5.74, 6) is 0.873. The lowest BCUT2D eigenvalue weighted by Gasteiger charge is -2.29. The highest BCUT2D eigenvalue weighted by atomic mass is 16.5. The van der Waals surface area contributed by atoms with Gasteiger partial charge >= 0.3 is 0 Å². The maximum absolute atomic E-state index is 11.6. The molecule has 4 rings (SSSR count). The van der Waals surface area contributed by atoms with Gasteiger partial charge in [-0.25, -0.2) is 4.98 Å². The van der Waals surface area contributed by atoms with Gasteiger partial charge in [-0.2, -0.15) is 5.10 Å². The summed E-state index contributed by atoms with van der Waals surface area (Å²) >= 11 is 0. The number of methoxy groups -OCH3 is 1. The number of aldehydes is 1. The molecule has 2 heterocycles. The Bertz CT molecular complexity index is 902. The minimum atomic E-state index is 0.382. The normalized spacial score (nSPS) is 17.0. The zero-order chi connectivity index (χ0) is 20.8. The third-order valence-corrected chi connectivity index (χ3v) is 5.92. The Labute approximate surface area is 177 Å². The minimum Gasteiger partial charge on any atom is -0.487 e. The van der Waals surface area contributed by atoms with Crippen LogP contribution < -0.4 is 9.47 Å². The third-order valence-electron chi connectivity index (χ3n) is 5.92. The van der Waals surface area contributed by atoms with Crippen molar-refractivity contribution in [2.45, 2.75) is 51.0 Å². The van der Waals surface area contributed by atoms with Crippen LogP contribution in [0, 0.1) is 0 Å². The van der Waals surface area contributed by atoms with Gasteiger partial charge in [-0.05, 0) is 62.2 Å². The number of carbonyl (C=O) groups is 1. The molecule has 0 amide bonds. The molecule has 0 radical (unpaired) electrons. The average Bonchev–Trinajstić information content (AvgIpc) is 3.20. The Morgan fingerprint density at radius 3 is 2.80 bits per heavy atom. The standard InChI is InChI=1S/C23H29N3O4/c1-28-11-12-29-23-13-18(15-27)22(14-24-23)30-16-17-5-2-3-8-20(17)21-9-10-25-26(21)19-6-4-7-19/h9-10,13-15,19H,2-8,11-12,16H2,1H3. The van der Waals surface area contributed by atoms with Crippen molar-refractivity contribution in [3.05, 3.63) is 41.4 Å². The van der Waals surface area contributed by atoms with Gasteiger partial charge in [-0.3, -0.25) is 9.48 Å². The Balaban J connectivity index is 1.50. The number of nitrogens with zero attached hydrogens (tertiary/aromatic N) is 3. The molecule has 30 heavy (non-hydrogen) atoms. The first-order valence-electron chi connectivity index (χ1n) is 10.7. The van der Waals surface area contributed by atoms with E-state index in [-0.39, 0.29) is 0 Å². The van der Waals surface area contributed by atoms with Gasteiger partial charge in [0.05, 0.1) is 30.1 Å². The second-order valence-corrected chi connectivity index (χ2v) is 7.84. The smallest absolute Gasteiger partial charge is 0.214 e. The molecule has 0 unspecified atom stereocenters. The molecule has 0 aliphatic heterocycles. The first-order chi connectivity index (χ1) is 14.8. The van der Waals surface area contributed by atoms with E-state index in [4.69, 9.17) is 14.2 Å². The summed E-state index contributed by atoms with van der Waals surface area (Å²) in [6, 6.07) is 4.27. The molecule has 2 aliphatic carbocycles. The van der Waals surface area contributed by atoms with E-state index in [2.05, 4.69) is 20.8 Å². The fourth-order valence-electron chi connectivity index (χ4n) is 4.04. The zero-order valence-corrected chi connectivity index (χ0v) is 17.5. The average molecular weight is 412 g/mol. The lowest BCUT2D eigenvalue weighted by atomic mass is 9.88. The molecule has 0 aromatic carbocycles. The van der Waals surface area contributed by atoms with Gasteiger partial charge in [0, 0.05) is 19.4 Å². The van der Waals surface area contributed by atoms with Crippen LogP contribution in [0.15, 0.2) is 30.1 Å². The molecule has 0 bridgehead atoms. The second kappa shape index (κ2) is 9.89. The SMILES string of the molecule is COCCOc1cc(C=O)c(OCC2=C(c3ccnn3C3CCC3)CCCC2)cn1. The summed E-state index contributed by atoms with van der Waals surface area (Å²) < 4.78 is 18.7. The monoisotopic (exact) mass is 411 g/mol. The molecule has 2 aromatic heterocycles. The van der Waals surface area contributed by atoms with Gasteiger partial charge in [-0.1, -0.05) is 0 Å². The molecule has 0 N–H and O–H groups in total. The minimum absolute atomic E-state index is 0.382. The Morgan fingerprint density at radius 1 is 1.17 bits per heavy atom. The topological polar surface area (TPSA) is 75.5 Å². The van der Waals surface area contributed by atoms with Gasteiger partial charge in [0.15, 0.2) is 6.29 Å². The first-order valence-corrected chi connectivity index (χ1v) is 10.7. The number of allylic oxidation sites excluding steroid dienone is 1. The molecule has 0 atom stereocenters. The summed E-state index contributed by atoms with van der Waals surface area (Å²) in [7, 11) is 1.61. The molecule has 1 fully saturated rings. The summed E-state index contributed by atoms with van der Waals surface area (Å²) in [6.07, 6.45) is 12.3. The van der Waals surface area contributed by atoms with E-state index < -0.39 is 0 Å². The van der Waals surface area contributed by atoms with E-state index in [1.54, 1.807) is 19.4 Å². The maximum Gasteiger partial charge on any atom is 0.214 e. The van der Waals surface area contributed by atoms with Crippen LogP contribution in [0.2, 0.25) is 0 Å². The Morgan fingerprint density at radius 2 is 2.03 bits per heavy atom. The van der Waals surface area contributed by atoms with E-state index in [9.17, 15) is 4.79 Å². The van der Waals surface area contributed by atoms with E-state index in [0.29, 0.717) is 43.1 Å². The van der Waals surface area contributed by atoms with Crippen molar-refractivity contribution in [3.8, 4) is 11.6 Å². The van der Waals surface area contributed by atoms with Gasteiger partial charge in [0.25, 0.3) is 0 Å². The van der Waals surface area contributed by atoms with Crippen LogP contribution in [0.25, 0.3) is 5.57 Å². The number of hydrogen-bond donors (Lipinski definition) is 0. The van der Waals surface area contributed by atoms with Crippen molar-refractivity contribution in [3.63, 3.8) is 0 Å². The van der Waals surface area contributed by atoms with Crippen LogP contribution in [0.5, 0.6) is 11.6 Å². The van der Waals surface area contributed by atoms with Crippen molar-refractivity contribution in [1.29, 1.82) is 0 Å². The van der Waals surface area contributed by atoms with Gasteiger partial charge in [0.1, 0.15) is 19.0 Å². The molecule has 0 spiro atoms. The summed E-state index contributed by atoms with van der Waals surface area (Å²) in [6.45, 7) is 1.30. The van der Waals surface area contributed by atoms with E-state index in [1.165, 1.54) is 42.5 Å². The largest absolute Gasteiger partial charge is 0.487 e. The van der Waals surface area contributed by atoms with Crippen LogP contribution in [0.4, 0.5) is 0 Å². The van der Waals surface area contributed by atoms with Crippen LogP contribution in [-0.4, -0.2) is 48.0 Å². The highest BCUT2D eigenvalue weighted by Gasteiger charge is 2.25.